The van der Waals surface area contributed by atoms with Crippen LogP contribution in [0.2, 0.25) is 0 Å². The fraction of sp³-hybridized carbons (Fsp3) is 0.600. The van der Waals surface area contributed by atoms with Crippen LogP contribution in [0.3, 0.4) is 0 Å². The molecule has 1 saturated heterocycles. The lowest BCUT2D eigenvalue weighted by atomic mass is 9.96. The molecule has 0 saturated carbocycles. The van der Waals surface area contributed by atoms with Gasteiger partial charge in [-0.05, 0) is 62.4 Å². The Bertz CT molecular complexity index is 793. The van der Waals surface area contributed by atoms with Crippen molar-refractivity contribution < 1.29 is 8.78 Å². The van der Waals surface area contributed by atoms with Crippen molar-refractivity contribution >= 4 is 27.3 Å². The van der Waals surface area contributed by atoms with Crippen molar-refractivity contribution in [3.63, 3.8) is 0 Å². The summed E-state index contributed by atoms with van der Waals surface area (Å²) in [4.78, 5) is 11.5. The molecule has 1 aromatic heterocycles. The van der Waals surface area contributed by atoms with E-state index in [-0.39, 0.29) is 6.54 Å². The quantitative estimate of drug-likeness (QED) is 0.753. The Morgan fingerprint density at radius 1 is 1.23 bits per heavy atom. The second-order valence-corrected chi connectivity index (χ2v) is 8.69. The molecule has 1 fully saturated rings. The van der Waals surface area contributed by atoms with Gasteiger partial charge in [0, 0.05) is 18.2 Å². The summed E-state index contributed by atoms with van der Waals surface area (Å²) < 4.78 is 26.3. The van der Waals surface area contributed by atoms with Crippen LogP contribution in [0.4, 0.5) is 8.78 Å². The standard InChI is InChI=1S/C20H25F2N3S/c1-13-2-4-16(23-11-13)15-3-5-18-17(10-15)24-20(26-18)14-6-8-25(9-7-14)12-19(21)22/h3,5,10,13-14,19H,2,4,6-9,11-12H2,1H3. The van der Waals surface area contributed by atoms with E-state index in [9.17, 15) is 8.78 Å². The molecule has 140 valence electrons. The molecule has 0 spiro atoms. The molecule has 0 amide bonds. The van der Waals surface area contributed by atoms with E-state index in [4.69, 9.17) is 9.98 Å². The highest BCUT2D eigenvalue weighted by molar-refractivity contribution is 7.18. The van der Waals surface area contributed by atoms with Crippen LogP contribution in [-0.2, 0) is 0 Å². The zero-order valence-corrected chi connectivity index (χ0v) is 15.9. The Balaban J connectivity index is 1.48. The zero-order chi connectivity index (χ0) is 18.1. The highest BCUT2D eigenvalue weighted by atomic mass is 32.1. The van der Waals surface area contributed by atoms with Crippen LogP contribution < -0.4 is 0 Å². The second kappa shape index (κ2) is 7.69. The number of piperidine rings is 1. The molecule has 1 atom stereocenters. The molecular formula is C20H25F2N3S. The summed E-state index contributed by atoms with van der Waals surface area (Å²) in [6.07, 6.45) is 1.86. The molecule has 3 nitrogen and oxygen atoms in total. The van der Waals surface area contributed by atoms with E-state index in [1.54, 1.807) is 11.3 Å². The van der Waals surface area contributed by atoms with Gasteiger partial charge in [0.25, 0.3) is 6.43 Å². The summed E-state index contributed by atoms with van der Waals surface area (Å²) in [7, 11) is 0. The lowest BCUT2D eigenvalue weighted by Gasteiger charge is -2.30. The predicted molar refractivity (Wildman–Crippen MR) is 104 cm³/mol. The first-order valence-electron chi connectivity index (χ1n) is 9.53. The van der Waals surface area contributed by atoms with Crippen LogP contribution >= 0.6 is 11.3 Å². The van der Waals surface area contributed by atoms with Crippen molar-refractivity contribution in [1.82, 2.24) is 9.88 Å². The second-order valence-electron chi connectivity index (χ2n) is 7.63. The molecule has 0 radical (unpaired) electrons. The molecule has 3 heterocycles. The number of aliphatic imine (C=N–C) groups is 1. The van der Waals surface area contributed by atoms with Crippen molar-refractivity contribution in [3.05, 3.63) is 28.8 Å². The number of benzene rings is 1. The van der Waals surface area contributed by atoms with Gasteiger partial charge < -0.3 is 0 Å². The predicted octanol–water partition coefficient (Wildman–Crippen LogP) is 4.96. The maximum Gasteiger partial charge on any atom is 0.251 e. The average Bonchev–Trinajstić information content (AvgIpc) is 3.05. The van der Waals surface area contributed by atoms with Crippen molar-refractivity contribution in [2.75, 3.05) is 26.2 Å². The molecule has 1 aromatic carbocycles. The summed E-state index contributed by atoms with van der Waals surface area (Å²) >= 11 is 1.76. The number of halogens is 2. The third-order valence-corrected chi connectivity index (χ3v) is 6.74. The number of fused-ring (bicyclic) bond motifs is 1. The smallest absolute Gasteiger partial charge is 0.251 e. The zero-order valence-electron chi connectivity index (χ0n) is 15.1. The lowest BCUT2D eigenvalue weighted by Crippen LogP contribution is -2.36. The molecule has 4 rings (SSSR count). The number of alkyl halides is 2. The van der Waals surface area contributed by atoms with Gasteiger partial charge in [-0.25, -0.2) is 13.8 Å². The van der Waals surface area contributed by atoms with E-state index >= 15 is 0 Å². The van der Waals surface area contributed by atoms with Crippen LogP contribution in [0, 0.1) is 5.92 Å². The molecule has 6 heteroatoms. The molecule has 26 heavy (non-hydrogen) atoms. The van der Waals surface area contributed by atoms with Crippen LogP contribution in [0.1, 0.15) is 49.1 Å². The number of hydrogen-bond donors (Lipinski definition) is 0. The van der Waals surface area contributed by atoms with Gasteiger partial charge in [-0.3, -0.25) is 9.89 Å². The van der Waals surface area contributed by atoms with Gasteiger partial charge in [0.1, 0.15) is 0 Å². The Morgan fingerprint density at radius 2 is 2.04 bits per heavy atom. The Hall–Kier alpha value is -1.40. The number of likely N-dealkylation sites (tertiary alicyclic amines) is 1. The summed E-state index contributed by atoms with van der Waals surface area (Å²) in [5, 5.41) is 1.16. The average molecular weight is 378 g/mol. The summed E-state index contributed by atoms with van der Waals surface area (Å²) in [5.41, 5.74) is 3.46. The van der Waals surface area contributed by atoms with Gasteiger partial charge in [-0.2, -0.15) is 0 Å². The molecule has 2 aromatic rings. The third-order valence-electron chi connectivity index (χ3n) is 5.54. The highest BCUT2D eigenvalue weighted by Gasteiger charge is 2.25. The van der Waals surface area contributed by atoms with Crippen molar-refractivity contribution in [3.8, 4) is 0 Å². The van der Waals surface area contributed by atoms with Gasteiger partial charge in [0.2, 0.25) is 0 Å². The first-order chi connectivity index (χ1) is 12.6. The van der Waals surface area contributed by atoms with Crippen LogP contribution in [0.15, 0.2) is 23.2 Å². The van der Waals surface area contributed by atoms with Gasteiger partial charge >= 0.3 is 0 Å². The number of thiazole rings is 1. The number of nitrogens with zero attached hydrogens (tertiary/aromatic N) is 3. The van der Waals surface area contributed by atoms with Crippen molar-refractivity contribution in [2.45, 2.75) is 45.0 Å². The summed E-state index contributed by atoms with van der Waals surface area (Å²) in [6, 6.07) is 6.51. The Labute approximate surface area is 157 Å². The molecule has 1 unspecified atom stereocenters. The SMILES string of the molecule is CC1CCC(c2ccc3sc(C4CCN(CC(F)F)CC4)nc3c2)=NC1. The number of aromatic nitrogens is 1. The van der Waals surface area contributed by atoms with Crippen LogP contribution in [0.5, 0.6) is 0 Å². The highest BCUT2D eigenvalue weighted by Crippen LogP contribution is 2.34. The van der Waals surface area contributed by atoms with Gasteiger partial charge in [0.05, 0.1) is 21.8 Å². The topological polar surface area (TPSA) is 28.5 Å². The van der Waals surface area contributed by atoms with Crippen molar-refractivity contribution in [1.29, 1.82) is 0 Å². The maximum absolute atomic E-state index is 12.5. The molecule has 0 aliphatic carbocycles. The Kier molecular flexibility index (Phi) is 5.32. The van der Waals surface area contributed by atoms with E-state index < -0.39 is 6.43 Å². The summed E-state index contributed by atoms with van der Waals surface area (Å²) in [6.45, 7) is 4.56. The third kappa shape index (κ3) is 3.96. The fourth-order valence-electron chi connectivity index (χ4n) is 3.91. The number of hydrogen-bond acceptors (Lipinski definition) is 4. The summed E-state index contributed by atoms with van der Waals surface area (Å²) in [5.74, 6) is 1.09. The van der Waals surface area contributed by atoms with E-state index in [0.717, 1.165) is 49.4 Å². The van der Waals surface area contributed by atoms with Crippen LogP contribution in [-0.4, -0.2) is 48.2 Å². The molecule has 0 bridgehead atoms. The fourth-order valence-corrected chi connectivity index (χ4v) is 5.03. The van der Waals surface area contributed by atoms with Gasteiger partial charge in [-0.1, -0.05) is 13.0 Å². The van der Waals surface area contributed by atoms with E-state index in [2.05, 4.69) is 25.1 Å². The monoisotopic (exact) mass is 377 g/mol. The van der Waals surface area contributed by atoms with E-state index in [1.807, 2.05) is 4.90 Å². The van der Waals surface area contributed by atoms with Gasteiger partial charge in [0.15, 0.2) is 0 Å². The minimum Gasteiger partial charge on any atom is -0.298 e. The maximum atomic E-state index is 12.5. The Morgan fingerprint density at radius 3 is 2.73 bits per heavy atom. The normalized spacial score (nSPS) is 22.9. The minimum absolute atomic E-state index is 0.101. The lowest BCUT2D eigenvalue weighted by molar-refractivity contribution is 0.0754. The van der Waals surface area contributed by atoms with Crippen LogP contribution in [0.25, 0.3) is 10.2 Å². The molecule has 2 aliphatic heterocycles. The van der Waals surface area contributed by atoms with E-state index in [1.165, 1.54) is 22.4 Å². The van der Waals surface area contributed by atoms with E-state index in [0.29, 0.717) is 11.8 Å². The minimum atomic E-state index is -2.24. The first kappa shape index (κ1) is 18.0. The molecule has 0 N–H and O–H groups in total. The molecular weight excluding hydrogens is 352 g/mol. The first-order valence-corrected chi connectivity index (χ1v) is 10.3. The van der Waals surface area contributed by atoms with Crippen molar-refractivity contribution in [2.24, 2.45) is 10.9 Å². The number of rotatable bonds is 4. The molecule has 2 aliphatic rings. The largest absolute Gasteiger partial charge is 0.298 e. The van der Waals surface area contributed by atoms with Gasteiger partial charge in [-0.15, -0.1) is 11.3 Å².